The Labute approximate surface area is 148 Å². The molecule has 0 spiro atoms. The molecule has 0 radical (unpaired) electrons. The van der Waals surface area contributed by atoms with Gasteiger partial charge in [-0.2, -0.15) is 4.98 Å². The average molecular weight is 357 g/mol. The maximum Gasteiger partial charge on any atom is 0.251 e. The van der Waals surface area contributed by atoms with Crippen LogP contribution in [0, 0.1) is 12.7 Å². The predicted molar refractivity (Wildman–Crippen MR) is 92.6 cm³/mol. The minimum Gasteiger partial charge on any atom is -0.348 e. The van der Waals surface area contributed by atoms with E-state index in [0.29, 0.717) is 28.6 Å². The van der Waals surface area contributed by atoms with Crippen LogP contribution in [0.1, 0.15) is 27.6 Å². The topological polar surface area (TPSA) is 68.0 Å². The third-order valence-corrected chi connectivity index (χ3v) is 4.44. The standard InChI is InChI=1S/C18H16FN3O2S/c1-12-21-17(24-22-12)11-25-15-8-6-13(7-9-15)18(23)20-10-14-4-2-3-5-16(14)19/h2-9H,10-11H2,1H3,(H,20,23). The van der Waals surface area contributed by atoms with Gasteiger partial charge in [0.1, 0.15) is 5.82 Å². The number of hydrogen-bond donors (Lipinski definition) is 1. The van der Waals surface area contributed by atoms with Crippen LogP contribution in [0.2, 0.25) is 0 Å². The molecule has 1 N–H and O–H groups in total. The molecule has 1 aromatic heterocycles. The van der Waals surface area contributed by atoms with Crippen LogP contribution >= 0.6 is 11.8 Å². The van der Waals surface area contributed by atoms with E-state index in [1.165, 1.54) is 6.07 Å². The van der Waals surface area contributed by atoms with Crippen LogP contribution in [0.5, 0.6) is 0 Å². The molecule has 1 heterocycles. The summed E-state index contributed by atoms with van der Waals surface area (Å²) in [5.41, 5.74) is 0.979. The molecular weight excluding hydrogens is 341 g/mol. The van der Waals surface area contributed by atoms with Gasteiger partial charge in [-0.3, -0.25) is 4.79 Å². The Kier molecular flexibility index (Phi) is 5.45. The summed E-state index contributed by atoms with van der Waals surface area (Å²) in [4.78, 5) is 17.3. The zero-order valence-corrected chi connectivity index (χ0v) is 14.3. The van der Waals surface area contributed by atoms with E-state index >= 15 is 0 Å². The molecule has 0 saturated carbocycles. The fourth-order valence-corrected chi connectivity index (χ4v) is 2.90. The Hall–Kier alpha value is -2.67. The van der Waals surface area contributed by atoms with Crippen molar-refractivity contribution in [2.75, 3.05) is 0 Å². The monoisotopic (exact) mass is 357 g/mol. The Morgan fingerprint density at radius 3 is 2.64 bits per heavy atom. The second-order valence-electron chi connectivity index (χ2n) is 5.32. The third kappa shape index (κ3) is 4.67. The number of nitrogens with one attached hydrogen (secondary N) is 1. The molecule has 0 atom stereocenters. The fourth-order valence-electron chi connectivity index (χ4n) is 2.17. The lowest BCUT2D eigenvalue weighted by atomic mass is 10.2. The van der Waals surface area contributed by atoms with Crippen molar-refractivity contribution in [1.82, 2.24) is 15.5 Å². The first-order chi connectivity index (χ1) is 12.1. The molecule has 0 aliphatic heterocycles. The highest BCUT2D eigenvalue weighted by Gasteiger charge is 2.08. The Balaban J connectivity index is 1.54. The quantitative estimate of drug-likeness (QED) is 0.681. The SMILES string of the molecule is Cc1noc(CSc2ccc(C(=O)NCc3ccccc3F)cc2)n1. The van der Waals surface area contributed by atoms with Gasteiger partial charge in [-0.1, -0.05) is 23.4 Å². The molecule has 25 heavy (non-hydrogen) atoms. The number of amides is 1. The van der Waals surface area contributed by atoms with Crippen molar-refractivity contribution in [3.63, 3.8) is 0 Å². The molecular formula is C18H16FN3O2S. The Morgan fingerprint density at radius 1 is 1.20 bits per heavy atom. The second-order valence-corrected chi connectivity index (χ2v) is 6.37. The van der Waals surface area contributed by atoms with Gasteiger partial charge in [-0.15, -0.1) is 11.8 Å². The van der Waals surface area contributed by atoms with Crippen LogP contribution < -0.4 is 5.32 Å². The van der Waals surface area contributed by atoms with Gasteiger partial charge >= 0.3 is 0 Å². The van der Waals surface area contributed by atoms with E-state index in [4.69, 9.17) is 4.52 Å². The maximum absolute atomic E-state index is 13.6. The Morgan fingerprint density at radius 2 is 1.96 bits per heavy atom. The first-order valence-corrected chi connectivity index (χ1v) is 8.64. The lowest BCUT2D eigenvalue weighted by Crippen LogP contribution is -2.23. The molecule has 0 aliphatic rings. The molecule has 1 amide bonds. The van der Waals surface area contributed by atoms with Gasteiger partial charge in [-0.05, 0) is 37.3 Å². The number of carbonyl (C=O) groups excluding carboxylic acids is 1. The van der Waals surface area contributed by atoms with Gasteiger partial charge in [0.2, 0.25) is 5.89 Å². The number of carbonyl (C=O) groups is 1. The summed E-state index contributed by atoms with van der Waals surface area (Å²) in [5.74, 6) is 1.17. The summed E-state index contributed by atoms with van der Waals surface area (Å²) in [6.07, 6.45) is 0. The van der Waals surface area contributed by atoms with Crippen molar-refractivity contribution in [3.05, 3.63) is 77.2 Å². The number of halogens is 1. The summed E-state index contributed by atoms with van der Waals surface area (Å²) in [7, 11) is 0. The normalized spacial score (nSPS) is 10.6. The molecule has 3 rings (SSSR count). The number of aryl methyl sites for hydroxylation is 1. The van der Waals surface area contributed by atoms with Crippen molar-refractivity contribution in [2.24, 2.45) is 0 Å². The van der Waals surface area contributed by atoms with Gasteiger partial charge in [0.15, 0.2) is 5.82 Å². The number of hydrogen-bond acceptors (Lipinski definition) is 5. The third-order valence-electron chi connectivity index (χ3n) is 3.45. The van der Waals surface area contributed by atoms with Crippen molar-refractivity contribution in [1.29, 1.82) is 0 Å². The number of nitrogens with zero attached hydrogens (tertiary/aromatic N) is 2. The van der Waals surface area contributed by atoms with E-state index in [1.54, 1.807) is 49.0 Å². The molecule has 128 valence electrons. The molecule has 0 fully saturated rings. The van der Waals surface area contributed by atoms with Crippen molar-refractivity contribution < 1.29 is 13.7 Å². The molecule has 3 aromatic rings. The summed E-state index contributed by atoms with van der Waals surface area (Å²) >= 11 is 1.54. The molecule has 0 unspecified atom stereocenters. The van der Waals surface area contributed by atoms with Crippen molar-refractivity contribution in [2.45, 2.75) is 24.1 Å². The number of thioether (sulfide) groups is 1. The van der Waals surface area contributed by atoms with Gasteiger partial charge < -0.3 is 9.84 Å². The Bertz CT molecular complexity index is 865. The molecule has 5 nitrogen and oxygen atoms in total. The lowest BCUT2D eigenvalue weighted by Gasteiger charge is -2.07. The zero-order chi connectivity index (χ0) is 17.6. The largest absolute Gasteiger partial charge is 0.348 e. The number of aromatic nitrogens is 2. The van der Waals surface area contributed by atoms with Gasteiger partial charge in [0.05, 0.1) is 5.75 Å². The van der Waals surface area contributed by atoms with Crippen molar-refractivity contribution in [3.8, 4) is 0 Å². The maximum atomic E-state index is 13.6. The number of rotatable bonds is 6. The minimum absolute atomic E-state index is 0.151. The first-order valence-electron chi connectivity index (χ1n) is 7.65. The van der Waals surface area contributed by atoms with Crippen LogP contribution in [-0.4, -0.2) is 16.0 Å². The highest BCUT2D eigenvalue weighted by Crippen LogP contribution is 2.22. The molecule has 7 heteroatoms. The lowest BCUT2D eigenvalue weighted by molar-refractivity contribution is 0.0950. The second kappa shape index (κ2) is 7.94. The van der Waals surface area contributed by atoms with Gasteiger partial charge in [0.25, 0.3) is 5.91 Å². The molecule has 0 aliphatic carbocycles. The summed E-state index contributed by atoms with van der Waals surface area (Å²) in [6.45, 7) is 1.92. The first kappa shape index (κ1) is 17.2. The highest BCUT2D eigenvalue weighted by atomic mass is 32.2. The predicted octanol–water partition coefficient (Wildman–Crippen LogP) is 3.74. The van der Waals surface area contributed by atoms with E-state index in [-0.39, 0.29) is 18.3 Å². The zero-order valence-electron chi connectivity index (χ0n) is 13.5. The van der Waals surface area contributed by atoms with Crippen LogP contribution in [0.4, 0.5) is 4.39 Å². The van der Waals surface area contributed by atoms with E-state index < -0.39 is 0 Å². The summed E-state index contributed by atoms with van der Waals surface area (Å²) < 4.78 is 18.6. The molecule has 0 saturated heterocycles. The van der Waals surface area contributed by atoms with Gasteiger partial charge in [-0.25, -0.2) is 4.39 Å². The van der Waals surface area contributed by atoms with E-state index in [9.17, 15) is 9.18 Å². The van der Waals surface area contributed by atoms with E-state index in [0.717, 1.165) is 4.90 Å². The number of benzene rings is 2. The summed E-state index contributed by atoms with van der Waals surface area (Å²) in [6, 6.07) is 13.6. The van der Waals surface area contributed by atoms with E-state index in [1.807, 2.05) is 12.1 Å². The van der Waals surface area contributed by atoms with Gasteiger partial charge in [0, 0.05) is 22.6 Å². The molecule has 0 bridgehead atoms. The van der Waals surface area contributed by atoms with Crippen LogP contribution in [-0.2, 0) is 12.3 Å². The smallest absolute Gasteiger partial charge is 0.251 e. The van der Waals surface area contributed by atoms with Crippen LogP contribution in [0.25, 0.3) is 0 Å². The van der Waals surface area contributed by atoms with Crippen LogP contribution in [0.15, 0.2) is 57.9 Å². The fraction of sp³-hybridized carbons (Fsp3) is 0.167. The highest BCUT2D eigenvalue weighted by molar-refractivity contribution is 7.98. The van der Waals surface area contributed by atoms with Crippen LogP contribution in [0.3, 0.4) is 0 Å². The average Bonchev–Trinajstić information content (AvgIpc) is 3.05. The molecule has 2 aromatic carbocycles. The van der Waals surface area contributed by atoms with Crippen molar-refractivity contribution >= 4 is 17.7 Å². The minimum atomic E-state index is -0.328. The van der Waals surface area contributed by atoms with E-state index in [2.05, 4.69) is 15.5 Å². The summed E-state index contributed by atoms with van der Waals surface area (Å²) in [5, 5.41) is 6.46.